The Kier molecular flexibility index (Phi) is 8.65. The highest BCUT2D eigenvalue weighted by atomic mass is 32.2. The number of amides is 1. The molecule has 1 aromatic rings. The number of benzene rings is 1. The number of allylic oxidation sites excluding steroid dienone is 1. The van der Waals surface area contributed by atoms with E-state index in [2.05, 4.69) is 4.99 Å². The summed E-state index contributed by atoms with van der Waals surface area (Å²) in [5.41, 5.74) is 2.36. The summed E-state index contributed by atoms with van der Waals surface area (Å²) < 4.78 is 21.3. The molecule has 0 aliphatic carbocycles. The molecule has 204 valence electrons. The fourth-order valence-corrected chi connectivity index (χ4v) is 5.93. The van der Waals surface area contributed by atoms with Crippen LogP contribution in [0.15, 0.2) is 45.6 Å². The Morgan fingerprint density at radius 2 is 1.84 bits per heavy atom. The van der Waals surface area contributed by atoms with E-state index >= 15 is 0 Å². The first kappa shape index (κ1) is 27.6. The second-order valence-corrected chi connectivity index (χ2v) is 9.91. The van der Waals surface area contributed by atoms with E-state index < -0.39 is 12.0 Å². The summed E-state index contributed by atoms with van der Waals surface area (Å²) in [7, 11) is 4.47. The minimum atomic E-state index is -0.612. The van der Waals surface area contributed by atoms with Crippen LogP contribution in [-0.4, -0.2) is 73.8 Å². The van der Waals surface area contributed by atoms with E-state index in [1.807, 2.05) is 16.4 Å². The van der Waals surface area contributed by atoms with Crippen molar-refractivity contribution in [3.05, 3.63) is 46.1 Å². The first-order chi connectivity index (χ1) is 18.3. The summed E-state index contributed by atoms with van der Waals surface area (Å²) in [6.07, 6.45) is 1.28. The largest absolute Gasteiger partial charge is 0.497 e. The fraction of sp³-hybridized carbons (Fsp3) is 0.481. The number of hydrogen-bond donors (Lipinski definition) is 0. The SMILES string of the molecule is CCOC(=O)C1CCN(C(=O)CC2=CSC3=NC(C)=C(C(=O)OC)C(c4ccc(OC)cc4OC)N23)CC1. The van der Waals surface area contributed by atoms with E-state index in [9.17, 15) is 14.4 Å². The topological polar surface area (TPSA) is 107 Å². The monoisotopic (exact) mass is 543 g/mol. The van der Waals surface area contributed by atoms with Crippen molar-refractivity contribution in [3.8, 4) is 11.5 Å². The molecule has 1 fully saturated rings. The molecule has 1 saturated heterocycles. The number of amidine groups is 1. The predicted molar refractivity (Wildman–Crippen MR) is 143 cm³/mol. The number of thioether (sulfide) groups is 1. The van der Waals surface area contributed by atoms with Gasteiger partial charge in [-0.15, -0.1) is 0 Å². The van der Waals surface area contributed by atoms with E-state index in [1.165, 1.54) is 18.9 Å². The van der Waals surface area contributed by atoms with E-state index in [-0.39, 0.29) is 24.2 Å². The van der Waals surface area contributed by atoms with Crippen LogP contribution in [0.2, 0.25) is 0 Å². The number of esters is 2. The van der Waals surface area contributed by atoms with Crippen LogP contribution in [0.25, 0.3) is 0 Å². The van der Waals surface area contributed by atoms with Crippen molar-refractivity contribution in [2.45, 2.75) is 39.2 Å². The highest BCUT2D eigenvalue weighted by molar-refractivity contribution is 8.16. The quantitative estimate of drug-likeness (QED) is 0.454. The van der Waals surface area contributed by atoms with E-state index in [0.29, 0.717) is 60.5 Å². The Hall–Kier alpha value is -3.47. The van der Waals surface area contributed by atoms with Gasteiger partial charge in [-0.2, -0.15) is 0 Å². The van der Waals surface area contributed by atoms with Crippen molar-refractivity contribution < 1.29 is 33.3 Å². The number of hydrogen-bond acceptors (Lipinski definition) is 10. The molecule has 0 spiro atoms. The van der Waals surface area contributed by atoms with Crippen molar-refractivity contribution in [1.82, 2.24) is 9.80 Å². The van der Waals surface area contributed by atoms with Gasteiger partial charge in [-0.05, 0) is 44.2 Å². The molecule has 3 aliphatic rings. The zero-order valence-corrected chi connectivity index (χ0v) is 23.1. The van der Waals surface area contributed by atoms with Gasteiger partial charge < -0.3 is 28.7 Å². The summed E-state index contributed by atoms with van der Waals surface area (Å²) >= 11 is 1.41. The highest BCUT2D eigenvalue weighted by Gasteiger charge is 2.42. The van der Waals surface area contributed by atoms with Gasteiger partial charge in [0.1, 0.15) is 11.5 Å². The molecular weight excluding hydrogens is 510 g/mol. The summed E-state index contributed by atoms with van der Waals surface area (Å²) in [6.45, 7) is 4.90. The number of ether oxygens (including phenoxy) is 4. The number of aliphatic imine (C=N–C) groups is 1. The molecule has 0 bridgehead atoms. The molecule has 1 atom stereocenters. The zero-order chi connectivity index (χ0) is 27.4. The minimum Gasteiger partial charge on any atom is -0.497 e. The van der Waals surface area contributed by atoms with Crippen molar-refractivity contribution in [1.29, 1.82) is 0 Å². The highest BCUT2D eigenvalue weighted by Crippen LogP contribution is 2.47. The van der Waals surface area contributed by atoms with Gasteiger partial charge in [-0.25, -0.2) is 9.79 Å². The summed E-state index contributed by atoms with van der Waals surface area (Å²) in [4.78, 5) is 46.8. The Bertz CT molecular complexity index is 1200. The van der Waals surface area contributed by atoms with Crippen molar-refractivity contribution in [2.75, 3.05) is 41.0 Å². The number of rotatable bonds is 8. The minimum absolute atomic E-state index is 0.0493. The maximum Gasteiger partial charge on any atom is 0.338 e. The molecule has 1 amide bonds. The molecule has 0 N–H and O–H groups in total. The standard InChI is InChI=1S/C27H33N3O7S/c1-6-37-25(32)17-9-11-29(12-10-17)22(31)13-18-15-38-27-28-16(2)23(26(33)36-5)24(30(18)27)20-8-7-19(34-3)14-21(20)35-4/h7-8,14-15,17,24H,6,9-13H2,1-5H3. The van der Waals surface area contributed by atoms with Gasteiger partial charge in [0.15, 0.2) is 5.17 Å². The Morgan fingerprint density at radius 1 is 1.11 bits per heavy atom. The average molecular weight is 544 g/mol. The van der Waals surface area contributed by atoms with Crippen LogP contribution >= 0.6 is 11.8 Å². The maximum absolute atomic E-state index is 13.4. The molecule has 11 heteroatoms. The second kappa shape index (κ2) is 11.9. The van der Waals surface area contributed by atoms with E-state index in [4.69, 9.17) is 18.9 Å². The van der Waals surface area contributed by atoms with Crippen LogP contribution in [-0.2, 0) is 23.9 Å². The molecule has 3 heterocycles. The van der Waals surface area contributed by atoms with Gasteiger partial charge in [0.25, 0.3) is 0 Å². The lowest BCUT2D eigenvalue weighted by Crippen LogP contribution is -2.42. The number of carbonyl (C=O) groups is 3. The number of methoxy groups -OCH3 is 3. The Morgan fingerprint density at radius 3 is 2.47 bits per heavy atom. The molecule has 38 heavy (non-hydrogen) atoms. The van der Waals surface area contributed by atoms with Gasteiger partial charge in [-0.3, -0.25) is 9.59 Å². The summed E-state index contributed by atoms with van der Waals surface area (Å²) in [5.74, 6) is 0.224. The molecule has 10 nitrogen and oxygen atoms in total. The average Bonchev–Trinajstić information content (AvgIpc) is 3.33. The third-order valence-corrected chi connectivity index (χ3v) is 7.83. The van der Waals surface area contributed by atoms with Gasteiger partial charge in [0.2, 0.25) is 5.91 Å². The summed E-state index contributed by atoms with van der Waals surface area (Å²) in [5, 5.41) is 2.57. The van der Waals surface area contributed by atoms with Gasteiger partial charge in [0.05, 0.1) is 57.6 Å². The van der Waals surface area contributed by atoms with Crippen molar-refractivity contribution in [2.24, 2.45) is 10.9 Å². The third kappa shape index (κ3) is 5.38. The van der Waals surface area contributed by atoms with Crippen LogP contribution in [0, 0.1) is 5.92 Å². The lowest BCUT2D eigenvalue weighted by atomic mass is 9.92. The first-order valence-electron chi connectivity index (χ1n) is 12.5. The predicted octanol–water partition coefficient (Wildman–Crippen LogP) is 3.64. The van der Waals surface area contributed by atoms with E-state index in [0.717, 1.165) is 11.3 Å². The van der Waals surface area contributed by atoms with Crippen LogP contribution in [0.4, 0.5) is 0 Å². The molecule has 0 radical (unpaired) electrons. The zero-order valence-electron chi connectivity index (χ0n) is 22.3. The Balaban J connectivity index is 1.61. The molecule has 4 rings (SSSR count). The maximum atomic E-state index is 13.4. The smallest absolute Gasteiger partial charge is 0.338 e. The molecule has 1 unspecified atom stereocenters. The number of carbonyl (C=O) groups excluding carboxylic acids is 3. The normalized spacial score (nSPS) is 19.4. The molecular formula is C27H33N3O7S. The van der Waals surface area contributed by atoms with Gasteiger partial charge >= 0.3 is 11.9 Å². The fourth-order valence-electron chi connectivity index (χ4n) is 4.97. The molecule has 0 saturated carbocycles. The van der Waals surface area contributed by atoms with Gasteiger partial charge in [0, 0.05) is 30.4 Å². The lowest BCUT2D eigenvalue weighted by Gasteiger charge is -2.37. The molecule has 1 aromatic carbocycles. The number of nitrogens with zero attached hydrogens (tertiary/aromatic N) is 3. The Labute approximate surface area is 226 Å². The number of likely N-dealkylation sites (tertiary alicyclic amines) is 1. The van der Waals surface area contributed by atoms with Gasteiger partial charge in [-0.1, -0.05) is 11.8 Å². The second-order valence-electron chi connectivity index (χ2n) is 9.08. The van der Waals surface area contributed by atoms with Crippen LogP contribution in [0.5, 0.6) is 11.5 Å². The van der Waals surface area contributed by atoms with Crippen LogP contribution in [0.3, 0.4) is 0 Å². The van der Waals surface area contributed by atoms with Crippen LogP contribution < -0.4 is 9.47 Å². The number of piperidine rings is 1. The van der Waals surface area contributed by atoms with Crippen molar-refractivity contribution >= 4 is 34.8 Å². The third-order valence-electron chi connectivity index (χ3n) is 6.94. The van der Waals surface area contributed by atoms with Crippen molar-refractivity contribution in [3.63, 3.8) is 0 Å². The lowest BCUT2D eigenvalue weighted by molar-refractivity contribution is -0.151. The summed E-state index contributed by atoms with van der Waals surface area (Å²) in [6, 6.07) is 4.80. The van der Waals surface area contributed by atoms with E-state index in [1.54, 1.807) is 45.1 Å². The molecule has 0 aromatic heterocycles. The molecule has 3 aliphatic heterocycles. The first-order valence-corrected chi connectivity index (χ1v) is 13.4. The number of fused-ring (bicyclic) bond motifs is 1. The van der Waals surface area contributed by atoms with Crippen LogP contribution in [0.1, 0.15) is 44.7 Å².